The Morgan fingerprint density at radius 2 is 1.70 bits per heavy atom. The number of rotatable bonds is 12. The monoisotopic (exact) mass is 618 g/mol. The smallest absolute Gasteiger partial charge is 0.252 e. The summed E-state index contributed by atoms with van der Waals surface area (Å²) >= 11 is 0. The molecule has 0 bridgehead atoms. The molecule has 0 spiro atoms. The molecule has 1 aromatic heterocycles. The van der Waals surface area contributed by atoms with E-state index in [1.165, 1.54) is 33.9 Å². The minimum absolute atomic E-state index is 0.146. The van der Waals surface area contributed by atoms with E-state index in [0.29, 0.717) is 25.1 Å². The van der Waals surface area contributed by atoms with Crippen LogP contribution in [0.25, 0.3) is 5.57 Å². The summed E-state index contributed by atoms with van der Waals surface area (Å²) in [7, 11) is 0. The number of carbonyl (C=O) groups excluding carboxylic acids is 1. The number of pyridine rings is 1. The van der Waals surface area contributed by atoms with Crippen LogP contribution in [-0.4, -0.2) is 52.5 Å². The molecule has 0 saturated carbocycles. The minimum atomic E-state index is -0.160. The van der Waals surface area contributed by atoms with Crippen molar-refractivity contribution in [3.63, 3.8) is 0 Å². The number of fused-ring (bicyclic) bond motifs is 2. The zero-order valence-electron chi connectivity index (χ0n) is 28.4. The van der Waals surface area contributed by atoms with E-state index in [9.17, 15) is 4.79 Å². The van der Waals surface area contributed by atoms with E-state index >= 15 is 0 Å². The van der Waals surface area contributed by atoms with E-state index in [4.69, 9.17) is 10.1 Å². The summed E-state index contributed by atoms with van der Waals surface area (Å²) in [5, 5.41) is 10.2. The number of hydrogen-bond donors (Lipinski definition) is 1. The molecule has 2 aliphatic rings. The van der Waals surface area contributed by atoms with Crippen molar-refractivity contribution in [2.24, 2.45) is 0 Å². The molecule has 6 heteroatoms. The Morgan fingerprint density at radius 3 is 2.39 bits per heavy atom. The Morgan fingerprint density at radius 1 is 0.957 bits per heavy atom. The highest BCUT2D eigenvalue weighted by molar-refractivity contribution is 6.04. The number of carbonyl (C=O) groups is 1. The third-order valence-electron chi connectivity index (χ3n) is 9.30. The lowest BCUT2D eigenvalue weighted by Crippen LogP contribution is -2.27. The average Bonchev–Trinajstić information content (AvgIpc) is 3.40. The van der Waals surface area contributed by atoms with Crippen LogP contribution in [0.5, 0.6) is 0 Å². The van der Waals surface area contributed by atoms with Crippen LogP contribution in [0.3, 0.4) is 0 Å². The van der Waals surface area contributed by atoms with E-state index in [1.807, 2.05) is 12.1 Å². The first-order chi connectivity index (χ1) is 22.1. The molecule has 2 aliphatic heterocycles. The molecular weight excluding hydrogens is 568 g/mol. The summed E-state index contributed by atoms with van der Waals surface area (Å²) in [6, 6.07) is 21.2. The normalized spacial score (nSPS) is 17.6. The van der Waals surface area contributed by atoms with Crippen molar-refractivity contribution in [2.75, 3.05) is 31.1 Å². The third-order valence-corrected chi connectivity index (χ3v) is 9.30. The fourth-order valence-corrected chi connectivity index (χ4v) is 6.87. The first kappa shape index (κ1) is 33.1. The van der Waals surface area contributed by atoms with Gasteiger partial charge in [0.15, 0.2) is 5.71 Å². The summed E-state index contributed by atoms with van der Waals surface area (Å²) in [5.74, 6) is -0.160. The van der Waals surface area contributed by atoms with Crippen LogP contribution < -0.4 is 10.2 Å². The average molecular weight is 619 g/mol. The predicted molar refractivity (Wildman–Crippen MR) is 192 cm³/mol. The van der Waals surface area contributed by atoms with Crippen LogP contribution in [0, 0.1) is 0 Å². The number of benzene rings is 2. The summed E-state index contributed by atoms with van der Waals surface area (Å²) in [6.07, 6.45) is 13.3. The van der Waals surface area contributed by atoms with Gasteiger partial charge in [0.1, 0.15) is 13.2 Å². The van der Waals surface area contributed by atoms with Crippen molar-refractivity contribution in [3.8, 4) is 0 Å². The Hall–Kier alpha value is -4.29. The maximum Gasteiger partial charge on any atom is 0.252 e. The fraction of sp³-hybridized carbons (Fsp3) is 0.375. The topological polar surface area (TPSA) is 71.1 Å². The number of nitrogens with zero attached hydrogens (tertiary/aromatic N) is 3. The third kappa shape index (κ3) is 6.36. The molecular formula is C40H50N4O2+2. The van der Waals surface area contributed by atoms with Crippen LogP contribution in [0.15, 0.2) is 96.9 Å². The van der Waals surface area contributed by atoms with E-state index in [2.05, 4.69) is 129 Å². The highest BCUT2D eigenvalue weighted by Gasteiger charge is 2.44. The van der Waals surface area contributed by atoms with Gasteiger partial charge >= 0.3 is 0 Å². The van der Waals surface area contributed by atoms with Crippen molar-refractivity contribution in [2.45, 2.75) is 71.6 Å². The van der Waals surface area contributed by atoms with Gasteiger partial charge < -0.3 is 15.3 Å². The van der Waals surface area contributed by atoms with Crippen molar-refractivity contribution in [3.05, 3.63) is 119 Å². The van der Waals surface area contributed by atoms with E-state index in [1.54, 1.807) is 6.20 Å². The second kappa shape index (κ2) is 14.0. The first-order valence-electron chi connectivity index (χ1n) is 16.8. The van der Waals surface area contributed by atoms with Gasteiger partial charge in [-0.25, -0.2) is 0 Å². The molecule has 46 heavy (non-hydrogen) atoms. The number of hydrogen-bond acceptors (Lipinski definition) is 3. The molecule has 3 heterocycles. The van der Waals surface area contributed by atoms with Crippen molar-refractivity contribution < 1.29 is 14.5 Å². The number of allylic oxidation sites excluding steroid dienone is 6. The Kier molecular flexibility index (Phi) is 10.1. The first-order valence-corrected chi connectivity index (χ1v) is 16.8. The molecule has 1 amide bonds. The molecule has 6 nitrogen and oxygen atoms in total. The van der Waals surface area contributed by atoms with Crippen molar-refractivity contribution in [1.82, 2.24) is 10.3 Å². The maximum atomic E-state index is 12.7. The molecule has 0 fully saturated rings. The SMILES string of the molecule is CCCN1/C(=C/C=C(/C=C/C2=[N+](CCC)c3ccccc3C2(C)C)c2ccc(C(=O)NCCC[OH2+])cn2)C(C)(C)c2ccccc21. The molecule has 0 saturated heterocycles. The fourth-order valence-electron chi connectivity index (χ4n) is 6.87. The maximum absolute atomic E-state index is 12.7. The lowest BCUT2D eigenvalue weighted by molar-refractivity contribution is -0.437. The number of amides is 1. The van der Waals surface area contributed by atoms with E-state index < -0.39 is 0 Å². The molecule has 0 unspecified atom stereocenters. The van der Waals surface area contributed by atoms with Crippen molar-refractivity contribution >= 4 is 28.6 Å². The molecule has 5 rings (SSSR count). The molecule has 0 atom stereocenters. The second-order valence-corrected chi connectivity index (χ2v) is 13.3. The Balaban J connectivity index is 1.59. The second-order valence-electron chi connectivity index (χ2n) is 13.3. The zero-order chi connectivity index (χ0) is 32.9. The van der Waals surface area contributed by atoms with Gasteiger partial charge in [-0.05, 0) is 56.2 Å². The molecule has 240 valence electrons. The molecule has 2 aromatic carbocycles. The lowest BCUT2D eigenvalue weighted by Gasteiger charge is -2.26. The predicted octanol–water partition coefficient (Wildman–Crippen LogP) is 7.44. The van der Waals surface area contributed by atoms with Crippen LogP contribution in [0.2, 0.25) is 0 Å². The number of anilines is 1. The van der Waals surface area contributed by atoms with Crippen LogP contribution >= 0.6 is 0 Å². The summed E-state index contributed by atoms with van der Waals surface area (Å²) in [5.41, 5.74) is 9.79. The Bertz CT molecular complexity index is 1690. The van der Waals surface area contributed by atoms with E-state index in [-0.39, 0.29) is 16.7 Å². The highest BCUT2D eigenvalue weighted by atomic mass is 16.3. The van der Waals surface area contributed by atoms with Crippen LogP contribution in [0.1, 0.15) is 88.0 Å². The number of aromatic nitrogens is 1. The zero-order valence-corrected chi connectivity index (χ0v) is 28.4. The number of para-hydroxylation sites is 2. The Labute approximate surface area is 274 Å². The molecule has 0 aliphatic carbocycles. The van der Waals surface area contributed by atoms with Gasteiger partial charge in [-0.1, -0.05) is 70.2 Å². The standard InChI is InChI=1S/C40H48N4O2/c1-7-25-43-34-16-11-9-14-31(34)39(3,4)36(43)22-19-29(33-21-18-30(28-42-33)38(46)41-24-13-27-45)20-23-37-40(5,6)32-15-10-12-17-35(32)44(37)26-8-2/h9-12,14-23,28,45H,7-8,13,24-27H2,1-6H3/p+2. The highest BCUT2D eigenvalue weighted by Crippen LogP contribution is 2.47. The molecule has 3 N–H and O–H groups in total. The lowest BCUT2D eigenvalue weighted by atomic mass is 9.81. The van der Waals surface area contributed by atoms with Crippen molar-refractivity contribution in [1.29, 1.82) is 0 Å². The van der Waals surface area contributed by atoms with Gasteiger partial charge in [0, 0.05) is 72.2 Å². The summed E-state index contributed by atoms with van der Waals surface area (Å²) < 4.78 is 2.46. The van der Waals surface area contributed by atoms with Gasteiger partial charge in [-0.2, -0.15) is 4.58 Å². The minimum Gasteiger partial charge on any atom is -0.445 e. The van der Waals surface area contributed by atoms with Gasteiger partial charge in [0.25, 0.3) is 5.91 Å². The van der Waals surface area contributed by atoms with Gasteiger partial charge in [-0.3, -0.25) is 9.78 Å². The van der Waals surface area contributed by atoms with Gasteiger partial charge in [-0.15, -0.1) is 0 Å². The summed E-state index contributed by atoms with van der Waals surface area (Å²) in [6.45, 7) is 16.4. The van der Waals surface area contributed by atoms with Gasteiger partial charge in [0.2, 0.25) is 5.69 Å². The largest absolute Gasteiger partial charge is 0.445 e. The van der Waals surface area contributed by atoms with Crippen LogP contribution in [-0.2, 0) is 10.8 Å². The van der Waals surface area contributed by atoms with Gasteiger partial charge in [0.05, 0.1) is 16.7 Å². The summed E-state index contributed by atoms with van der Waals surface area (Å²) in [4.78, 5) is 19.9. The van der Waals surface area contributed by atoms with Crippen LogP contribution in [0.4, 0.5) is 11.4 Å². The van der Waals surface area contributed by atoms with E-state index in [0.717, 1.165) is 37.2 Å². The molecule has 3 aromatic rings. The number of nitrogens with one attached hydrogen (secondary N) is 1. The molecule has 0 radical (unpaired) electrons. The quantitative estimate of drug-likeness (QED) is 0.0993.